The molecule has 3 nitrogen and oxygen atoms in total. The van der Waals surface area contributed by atoms with Gasteiger partial charge in [-0.3, -0.25) is 4.79 Å². The molecule has 5 aromatic rings. The molecule has 1 aliphatic carbocycles. The zero-order valence-corrected chi connectivity index (χ0v) is 36.2. The molecule has 0 aliphatic heterocycles. The van der Waals surface area contributed by atoms with Gasteiger partial charge in [-0.05, 0) is 93.2 Å². The van der Waals surface area contributed by atoms with Crippen molar-refractivity contribution in [3.8, 4) is 22.4 Å². The summed E-state index contributed by atoms with van der Waals surface area (Å²) in [5.74, 6) is 0.508. The van der Waals surface area contributed by atoms with Gasteiger partial charge in [-0.2, -0.15) is 0 Å². The zero-order chi connectivity index (χ0) is 38.3. The number of hydrogen-bond acceptors (Lipinski definition) is 3. The summed E-state index contributed by atoms with van der Waals surface area (Å²) in [6.07, 6.45) is 6.59. The van der Waals surface area contributed by atoms with E-state index >= 15 is 4.39 Å². The van der Waals surface area contributed by atoms with Crippen LogP contribution in [0.25, 0.3) is 43.9 Å². The number of aryl methyl sites for hydroxylation is 2. The molecule has 283 valence electrons. The van der Waals surface area contributed by atoms with Gasteiger partial charge in [-0.15, -0.1) is 34.9 Å². The number of carbonyl (C=O) groups is 1. The number of halogens is 1. The average molecular weight is 891 g/mol. The summed E-state index contributed by atoms with van der Waals surface area (Å²) >= 11 is 0. The van der Waals surface area contributed by atoms with Gasteiger partial charge in [-0.25, -0.2) is 4.39 Å². The molecule has 6 rings (SSSR count). The maximum absolute atomic E-state index is 16.0. The van der Waals surface area contributed by atoms with Crippen LogP contribution in [-0.4, -0.2) is 15.9 Å². The van der Waals surface area contributed by atoms with Crippen LogP contribution < -0.4 is 0 Å². The van der Waals surface area contributed by atoms with Gasteiger partial charge in [-0.1, -0.05) is 113 Å². The number of fused-ring (bicyclic) bond motifs is 7. The van der Waals surface area contributed by atoms with E-state index in [1.165, 1.54) is 22.8 Å². The summed E-state index contributed by atoms with van der Waals surface area (Å²) in [7, 11) is 0. The van der Waals surface area contributed by atoms with Crippen molar-refractivity contribution in [2.24, 2.45) is 10.8 Å². The van der Waals surface area contributed by atoms with Crippen LogP contribution in [0.3, 0.4) is 0 Å². The number of allylic oxidation sites excluding steroid dienone is 2. The molecule has 0 atom stereocenters. The Kier molecular flexibility index (Phi) is 12.7. The minimum atomic E-state index is -0.337. The van der Waals surface area contributed by atoms with E-state index in [0.29, 0.717) is 5.92 Å². The van der Waals surface area contributed by atoms with Gasteiger partial charge in [0.05, 0.1) is 0 Å². The molecule has 0 spiro atoms. The minimum absolute atomic E-state index is 0. The quantitative estimate of drug-likeness (QED) is 0.0694. The van der Waals surface area contributed by atoms with Gasteiger partial charge in [0.25, 0.3) is 0 Å². The first-order chi connectivity index (χ1) is 24.5. The van der Waals surface area contributed by atoms with E-state index in [2.05, 4.69) is 90.1 Å². The summed E-state index contributed by atoms with van der Waals surface area (Å²) in [5.41, 5.74) is 8.69. The van der Waals surface area contributed by atoms with Crippen LogP contribution in [0.2, 0.25) is 0 Å². The molecule has 4 aromatic carbocycles. The molecule has 0 amide bonds. The van der Waals surface area contributed by atoms with Gasteiger partial charge in [0.15, 0.2) is 5.78 Å². The molecular weight excluding hydrogens is 834 g/mol. The first kappa shape index (κ1) is 42.1. The van der Waals surface area contributed by atoms with Crippen LogP contribution in [0, 0.1) is 36.6 Å². The molecule has 1 radical (unpaired) electrons. The number of benzene rings is 4. The van der Waals surface area contributed by atoms with Crippen molar-refractivity contribution in [2.45, 2.75) is 120 Å². The predicted octanol–water partition coefficient (Wildman–Crippen LogP) is 13.7. The maximum Gasteiger partial charge on any atom is 0.164 e. The Hall–Kier alpha value is -3.66. The van der Waals surface area contributed by atoms with Crippen LogP contribution in [0.4, 0.5) is 4.39 Å². The smallest absolute Gasteiger partial charge is 0.164 e. The van der Waals surface area contributed by atoms with Crippen molar-refractivity contribution in [1.82, 2.24) is 4.98 Å². The fourth-order valence-corrected chi connectivity index (χ4v) is 8.02. The molecule has 1 aromatic heterocycles. The standard InChI is InChI=1S/C33H29FN.C15H28O2.Ir/c1-18(2)22-8-7-9-26-29-28(34)17-27-23-12-13-35-32(21-15-19(3)14-20(4)16-21)25(23)11-10-24(27)31(29)33(5,6)30(22)26;1-7-14(5,8-2)12(16)11-13(17)15(6,9-3)10-4;/h7-15,17-18H,1-6H3;11,16H,7-10H2,1-6H3;/q-1;;/b;12-11-;. The Labute approximate surface area is 330 Å². The molecule has 0 fully saturated rings. The third kappa shape index (κ3) is 7.54. The van der Waals surface area contributed by atoms with Crippen molar-refractivity contribution in [3.05, 3.63) is 112 Å². The van der Waals surface area contributed by atoms with E-state index in [4.69, 9.17) is 4.98 Å². The number of rotatable bonds is 9. The molecular formula is C48H57FIrNO2-. The Morgan fingerprint density at radius 2 is 1.49 bits per heavy atom. The fraction of sp³-hybridized carbons (Fsp3) is 0.417. The number of pyridine rings is 1. The summed E-state index contributed by atoms with van der Waals surface area (Å²) in [4.78, 5) is 16.9. The summed E-state index contributed by atoms with van der Waals surface area (Å²) in [6, 6.07) is 22.1. The molecule has 5 heteroatoms. The minimum Gasteiger partial charge on any atom is -0.512 e. The monoisotopic (exact) mass is 891 g/mol. The molecule has 0 unspecified atom stereocenters. The van der Waals surface area contributed by atoms with Gasteiger partial charge in [0, 0.05) is 54.2 Å². The van der Waals surface area contributed by atoms with Gasteiger partial charge >= 0.3 is 0 Å². The molecule has 0 saturated carbocycles. The third-order valence-electron chi connectivity index (χ3n) is 12.3. The normalized spacial score (nSPS) is 13.7. The number of aliphatic hydroxyl groups excluding tert-OH is 1. The molecule has 1 N–H and O–H groups in total. The molecule has 0 saturated heterocycles. The van der Waals surface area contributed by atoms with E-state index in [1.807, 2.05) is 53.8 Å². The van der Waals surface area contributed by atoms with Crippen molar-refractivity contribution in [1.29, 1.82) is 0 Å². The summed E-state index contributed by atoms with van der Waals surface area (Å²) in [6.45, 7) is 25.2. The second-order valence-corrected chi connectivity index (χ2v) is 16.3. The van der Waals surface area contributed by atoms with Gasteiger partial charge < -0.3 is 10.1 Å². The Bertz CT molecular complexity index is 2170. The number of aromatic nitrogens is 1. The second kappa shape index (κ2) is 16.0. The number of hydrogen-bond donors (Lipinski definition) is 1. The third-order valence-corrected chi connectivity index (χ3v) is 12.3. The number of ketones is 1. The van der Waals surface area contributed by atoms with Crippen molar-refractivity contribution < 1.29 is 34.4 Å². The molecule has 1 aliphatic rings. The summed E-state index contributed by atoms with van der Waals surface area (Å²) < 4.78 is 16.0. The average Bonchev–Trinajstić information content (AvgIpc) is 3.37. The van der Waals surface area contributed by atoms with E-state index in [9.17, 15) is 9.90 Å². The van der Waals surface area contributed by atoms with E-state index in [-0.39, 0.29) is 53.7 Å². The van der Waals surface area contributed by atoms with Crippen molar-refractivity contribution >= 4 is 27.3 Å². The van der Waals surface area contributed by atoms with Crippen LogP contribution in [-0.2, 0) is 30.3 Å². The predicted molar refractivity (Wildman–Crippen MR) is 218 cm³/mol. The second-order valence-electron chi connectivity index (χ2n) is 16.3. The first-order valence-corrected chi connectivity index (χ1v) is 19.1. The number of carbonyl (C=O) groups excluding carboxylic acids is 1. The number of nitrogens with zero attached hydrogens (tertiary/aromatic N) is 1. The Balaban J connectivity index is 0.000000299. The van der Waals surface area contributed by atoms with Crippen LogP contribution >= 0.6 is 0 Å². The molecule has 1 heterocycles. The van der Waals surface area contributed by atoms with E-state index < -0.39 is 0 Å². The van der Waals surface area contributed by atoms with E-state index in [0.717, 1.165) is 80.7 Å². The Morgan fingerprint density at radius 1 is 0.868 bits per heavy atom. The largest absolute Gasteiger partial charge is 0.512 e. The van der Waals surface area contributed by atoms with Gasteiger partial charge in [0.2, 0.25) is 0 Å². The topological polar surface area (TPSA) is 50.2 Å². The zero-order valence-electron chi connectivity index (χ0n) is 33.8. The van der Waals surface area contributed by atoms with Crippen molar-refractivity contribution in [2.75, 3.05) is 0 Å². The number of aliphatic hydroxyl groups is 1. The maximum atomic E-state index is 16.0. The van der Waals surface area contributed by atoms with Gasteiger partial charge in [0.1, 0.15) is 11.6 Å². The fourth-order valence-electron chi connectivity index (χ4n) is 8.02. The van der Waals surface area contributed by atoms with Crippen molar-refractivity contribution in [3.63, 3.8) is 0 Å². The van der Waals surface area contributed by atoms with Crippen LogP contribution in [0.1, 0.15) is 129 Å². The molecule has 0 bridgehead atoms. The summed E-state index contributed by atoms with van der Waals surface area (Å²) in [5, 5.41) is 14.2. The first-order valence-electron chi connectivity index (χ1n) is 19.1. The SMILES string of the molecule is CCC(C)(CC)C(=O)/C=C(\O)C(C)(CC)CC.Cc1[c-]c(-c2nccc3c2ccc2c4c(c(F)cc23)-c2cccc(C(C)C)c2C4(C)C)cc(C)c1.[Ir]. The Morgan fingerprint density at radius 3 is 2.08 bits per heavy atom. The van der Waals surface area contributed by atoms with E-state index in [1.54, 1.807) is 6.07 Å². The van der Waals surface area contributed by atoms with Crippen LogP contribution in [0.15, 0.2) is 72.6 Å². The molecule has 53 heavy (non-hydrogen) atoms. The van der Waals surface area contributed by atoms with Crippen LogP contribution in [0.5, 0.6) is 0 Å².